The van der Waals surface area contributed by atoms with Gasteiger partial charge in [0.05, 0.1) is 18.4 Å². The first kappa shape index (κ1) is 21.2. The number of carboxylic acid groups (broad SMARTS) is 1. The van der Waals surface area contributed by atoms with Crippen LogP contribution in [0.5, 0.6) is 0 Å². The molecule has 0 spiro atoms. The van der Waals surface area contributed by atoms with Gasteiger partial charge in [-0.25, -0.2) is 9.78 Å². The molecule has 0 atom stereocenters. The molecule has 0 aliphatic rings. The first-order valence-electron chi connectivity index (χ1n) is 9.48. The predicted molar refractivity (Wildman–Crippen MR) is 120 cm³/mol. The fourth-order valence-corrected chi connectivity index (χ4v) is 3.97. The molecule has 0 radical (unpaired) electrons. The lowest BCUT2D eigenvalue weighted by Crippen LogP contribution is -2.08. The second kappa shape index (κ2) is 10.3. The van der Waals surface area contributed by atoms with E-state index in [1.165, 1.54) is 0 Å². The number of nitrogens with zero attached hydrogens (tertiary/aromatic N) is 2. The summed E-state index contributed by atoms with van der Waals surface area (Å²) in [6.07, 6.45) is 4.84. The number of rotatable bonds is 9. The topological polar surface area (TPSA) is 55.1 Å². The standard InChI is InChI=1S/C23H23ClN2O2S/c1-2-12-29-23-25-15-20(26(23)16-18-10-6-7-11-21(18)24)14-19(22(27)28)13-17-8-4-3-5-9-17/h3-11,14-15H,2,12-13,16H2,1H3,(H,27,28). The van der Waals surface area contributed by atoms with Gasteiger partial charge in [0.25, 0.3) is 0 Å². The highest BCUT2D eigenvalue weighted by Gasteiger charge is 2.15. The lowest BCUT2D eigenvalue weighted by Gasteiger charge is -2.12. The van der Waals surface area contributed by atoms with Crippen molar-refractivity contribution >= 4 is 35.4 Å². The van der Waals surface area contributed by atoms with Crippen LogP contribution in [0.15, 0.2) is 71.5 Å². The van der Waals surface area contributed by atoms with Gasteiger partial charge in [-0.15, -0.1) is 0 Å². The van der Waals surface area contributed by atoms with Crippen LogP contribution in [-0.4, -0.2) is 26.4 Å². The summed E-state index contributed by atoms with van der Waals surface area (Å²) in [5.41, 5.74) is 3.01. The Kier molecular flexibility index (Phi) is 7.55. The number of halogens is 1. The second-order valence-electron chi connectivity index (χ2n) is 6.63. The Morgan fingerprint density at radius 3 is 2.59 bits per heavy atom. The highest BCUT2D eigenvalue weighted by Crippen LogP contribution is 2.25. The van der Waals surface area contributed by atoms with Crippen molar-refractivity contribution in [1.29, 1.82) is 0 Å². The van der Waals surface area contributed by atoms with Crippen molar-refractivity contribution in [3.63, 3.8) is 0 Å². The molecule has 1 heterocycles. The van der Waals surface area contributed by atoms with Crippen LogP contribution in [0.2, 0.25) is 5.02 Å². The van der Waals surface area contributed by atoms with Crippen molar-refractivity contribution in [3.05, 3.63) is 88.2 Å². The second-order valence-corrected chi connectivity index (χ2v) is 8.10. The summed E-state index contributed by atoms with van der Waals surface area (Å²) < 4.78 is 2.04. The molecule has 1 aromatic heterocycles. The lowest BCUT2D eigenvalue weighted by atomic mass is 10.0. The maximum atomic E-state index is 11.9. The number of benzene rings is 2. The number of aromatic nitrogens is 2. The summed E-state index contributed by atoms with van der Waals surface area (Å²) in [6.45, 7) is 2.66. The third kappa shape index (κ3) is 5.75. The molecule has 29 heavy (non-hydrogen) atoms. The molecule has 150 valence electrons. The highest BCUT2D eigenvalue weighted by molar-refractivity contribution is 7.99. The minimum Gasteiger partial charge on any atom is -0.478 e. The molecule has 0 saturated heterocycles. The summed E-state index contributed by atoms with van der Waals surface area (Å²) in [5.74, 6) is 0.0143. The number of carbonyl (C=O) groups is 1. The zero-order valence-electron chi connectivity index (χ0n) is 16.2. The van der Waals surface area contributed by atoms with E-state index in [1.54, 1.807) is 24.0 Å². The number of thioether (sulfide) groups is 1. The Balaban J connectivity index is 1.98. The van der Waals surface area contributed by atoms with Crippen LogP contribution in [0.25, 0.3) is 6.08 Å². The third-order valence-electron chi connectivity index (χ3n) is 4.41. The Morgan fingerprint density at radius 1 is 1.17 bits per heavy atom. The first-order chi connectivity index (χ1) is 14.1. The van der Waals surface area contributed by atoms with E-state index in [2.05, 4.69) is 11.9 Å². The minimum absolute atomic E-state index is 0.323. The highest BCUT2D eigenvalue weighted by atomic mass is 35.5. The van der Waals surface area contributed by atoms with Crippen molar-refractivity contribution in [2.24, 2.45) is 0 Å². The van der Waals surface area contributed by atoms with E-state index in [9.17, 15) is 9.90 Å². The predicted octanol–water partition coefficient (Wildman–Crippen LogP) is 5.80. The summed E-state index contributed by atoms with van der Waals surface area (Å²) >= 11 is 8.03. The molecule has 0 saturated carbocycles. The van der Waals surface area contributed by atoms with Gasteiger partial charge in [-0.3, -0.25) is 0 Å². The van der Waals surface area contributed by atoms with Crippen LogP contribution in [0, 0.1) is 0 Å². The van der Waals surface area contributed by atoms with E-state index in [0.717, 1.165) is 34.2 Å². The molecular weight excluding hydrogens is 404 g/mol. The molecule has 0 amide bonds. The van der Waals surface area contributed by atoms with Gasteiger partial charge in [-0.2, -0.15) is 0 Å². The van der Waals surface area contributed by atoms with Gasteiger partial charge in [0.1, 0.15) is 0 Å². The van der Waals surface area contributed by atoms with E-state index < -0.39 is 5.97 Å². The number of aliphatic carboxylic acids is 1. The van der Waals surface area contributed by atoms with E-state index >= 15 is 0 Å². The van der Waals surface area contributed by atoms with E-state index in [-0.39, 0.29) is 0 Å². The van der Waals surface area contributed by atoms with Crippen LogP contribution in [0.3, 0.4) is 0 Å². The van der Waals surface area contributed by atoms with Crippen LogP contribution < -0.4 is 0 Å². The third-order valence-corrected chi connectivity index (χ3v) is 5.97. The maximum Gasteiger partial charge on any atom is 0.331 e. The van der Waals surface area contributed by atoms with Crippen LogP contribution in [0.1, 0.15) is 30.2 Å². The molecule has 3 rings (SSSR count). The first-order valence-corrected chi connectivity index (χ1v) is 10.8. The van der Waals surface area contributed by atoms with Gasteiger partial charge in [-0.05, 0) is 29.7 Å². The molecule has 0 fully saturated rings. The quantitative estimate of drug-likeness (QED) is 0.347. The van der Waals surface area contributed by atoms with Gasteiger partial charge < -0.3 is 9.67 Å². The molecule has 4 nitrogen and oxygen atoms in total. The van der Waals surface area contributed by atoms with Gasteiger partial charge in [-0.1, -0.05) is 78.8 Å². The summed E-state index contributed by atoms with van der Waals surface area (Å²) in [7, 11) is 0. The normalized spacial score (nSPS) is 11.6. The number of hydrogen-bond acceptors (Lipinski definition) is 3. The average molecular weight is 427 g/mol. The fraction of sp³-hybridized carbons (Fsp3) is 0.217. The van der Waals surface area contributed by atoms with Crippen molar-refractivity contribution in [2.45, 2.75) is 31.5 Å². The van der Waals surface area contributed by atoms with E-state index in [4.69, 9.17) is 11.6 Å². The van der Waals surface area contributed by atoms with Crippen LogP contribution >= 0.6 is 23.4 Å². The van der Waals surface area contributed by atoms with Crippen LogP contribution in [-0.2, 0) is 17.8 Å². The Bertz CT molecular complexity index is 999. The molecule has 3 aromatic rings. The van der Waals surface area contributed by atoms with Crippen LogP contribution in [0.4, 0.5) is 0 Å². The van der Waals surface area contributed by atoms with Crippen molar-refractivity contribution in [3.8, 4) is 0 Å². The Hall–Kier alpha value is -2.50. The fourth-order valence-electron chi connectivity index (χ4n) is 2.93. The molecule has 6 heteroatoms. The zero-order chi connectivity index (χ0) is 20.6. The summed E-state index contributed by atoms with van der Waals surface area (Å²) in [5, 5.41) is 11.3. The van der Waals surface area contributed by atoms with Gasteiger partial charge >= 0.3 is 5.97 Å². The Morgan fingerprint density at radius 2 is 1.90 bits per heavy atom. The molecule has 0 unspecified atom stereocenters. The van der Waals surface area contributed by atoms with Crippen molar-refractivity contribution in [2.75, 3.05) is 5.75 Å². The maximum absolute atomic E-state index is 11.9. The molecule has 0 aliphatic heterocycles. The minimum atomic E-state index is -0.929. The van der Waals surface area contributed by atoms with Crippen molar-refractivity contribution in [1.82, 2.24) is 9.55 Å². The number of carboxylic acids is 1. The molecule has 0 aliphatic carbocycles. The summed E-state index contributed by atoms with van der Waals surface area (Å²) in [4.78, 5) is 16.4. The van der Waals surface area contributed by atoms with Gasteiger partial charge in [0.15, 0.2) is 5.16 Å². The molecule has 1 N–H and O–H groups in total. The largest absolute Gasteiger partial charge is 0.478 e. The Labute approximate surface area is 180 Å². The zero-order valence-corrected chi connectivity index (χ0v) is 17.8. The van der Waals surface area contributed by atoms with E-state index in [0.29, 0.717) is 23.6 Å². The molecular formula is C23H23ClN2O2S. The SMILES string of the molecule is CCCSc1ncc(C=C(Cc2ccccc2)C(=O)O)n1Cc1ccccc1Cl. The van der Waals surface area contributed by atoms with Gasteiger partial charge in [0, 0.05) is 22.8 Å². The smallest absolute Gasteiger partial charge is 0.331 e. The summed E-state index contributed by atoms with van der Waals surface area (Å²) in [6, 6.07) is 17.3. The monoisotopic (exact) mass is 426 g/mol. The molecule has 2 aromatic carbocycles. The van der Waals surface area contributed by atoms with E-state index in [1.807, 2.05) is 59.2 Å². The number of hydrogen-bond donors (Lipinski definition) is 1. The lowest BCUT2D eigenvalue weighted by molar-refractivity contribution is -0.132. The average Bonchev–Trinajstić information content (AvgIpc) is 3.09. The number of imidazole rings is 1. The van der Waals surface area contributed by atoms with Crippen molar-refractivity contribution < 1.29 is 9.90 Å². The molecule has 0 bridgehead atoms. The van der Waals surface area contributed by atoms with Gasteiger partial charge in [0.2, 0.25) is 0 Å².